The van der Waals surface area contributed by atoms with Crippen molar-refractivity contribution in [1.29, 1.82) is 0 Å². The zero-order chi connectivity index (χ0) is 30.4. The minimum absolute atomic E-state index is 0.0198. The molecule has 11 heteroatoms. The second-order valence-corrected chi connectivity index (χ2v) is 14.0. The van der Waals surface area contributed by atoms with Gasteiger partial charge in [-0.1, -0.05) is 65.0 Å². The number of nitrogens with two attached hydrogens (primary N) is 1. The van der Waals surface area contributed by atoms with E-state index in [-0.39, 0.29) is 36.9 Å². The second kappa shape index (κ2) is 13.8. The van der Waals surface area contributed by atoms with Crippen molar-refractivity contribution >= 4 is 21.8 Å². The second-order valence-electron chi connectivity index (χ2n) is 12.0. The highest BCUT2D eigenvalue weighted by Crippen LogP contribution is 2.29. The molecule has 0 aliphatic carbocycles. The number of ether oxygens (including phenoxy) is 1. The highest BCUT2D eigenvalue weighted by molar-refractivity contribution is 7.89. The molecule has 1 aliphatic rings. The van der Waals surface area contributed by atoms with Gasteiger partial charge in [0.15, 0.2) is 0 Å². The number of sulfonamides is 1. The van der Waals surface area contributed by atoms with E-state index in [2.05, 4.69) is 10.6 Å². The number of carbonyl (C=O) groups is 2. The topological polar surface area (TPSA) is 151 Å². The van der Waals surface area contributed by atoms with Gasteiger partial charge in [-0.2, -0.15) is 4.31 Å². The molecule has 10 nitrogen and oxygen atoms in total. The Morgan fingerprint density at radius 2 is 1.76 bits per heavy atom. The molecular formula is C30H44N4O6S. The fraction of sp³-hybridized carbons (Fsp3) is 0.533. The summed E-state index contributed by atoms with van der Waals surface area (Å²) < 4.78 is 34.5. The number of carbonyl (C=O) groups excluding carboxylic acids is 2. The van der Waals surface area contributed by atoms with Crippen molar-refractivity contribution in [3.63, 3.8) is 0 Å². The summed E-state index contributed by atoms with van der Waals surface area (Å²) in [7, 11) is -3.97. The summed E-state index contributed by atoms with van der Waals surface area (Å²) in [4.78, 5) is 25.8. The number of benzene rings is 2. The van der Waals surface area contributed by atoms with Gasteiger partial charge < -0.3 is 26.2 Å². The van der Waals surface area contributed by atoms with Crippen molar-refractivity contribution in [2.45, 2.75) is 70.5 Å². The summed E-state index contributed by atoms with van der Waals surface area (Å²) in [5.74, 6) is -0.306. The molecule has 3 atom stereocenters. The van der Waals surface area contributed by atoms with Crippen LogP contribution in [0.1, 0.15) is 45.7 Å². The van der Waals surface area contributed by atoms with E-state index in [0.717, 1.165) is 11.1 Å². The number of amides is 2. The molecule has 226 valence electrons. The smallest absolute Gasteiger partial charge is 0.243 e. The molecule has 2 amide bonds. The van der Waals surface area contributed by atoms with Gasteiger partial charge in [-0.15, -0.1) is 0 Å². The third-order valence-electron chi connectivity index (χ3n) is 6.97. The lowest BCUT2D eigenvalue weighted by Gasteiger charge is -2.34. The predicted octanol–water partition coefficient (Wildman–Crippen LogP) is 1.85. The Hall–Kier alpha value is -2.99. The van der Waals surface area contributed by atoms with Crippen molar-refractivity contribution in [2.24, 2.45) is 17.1 Å². The molecule has 0 bridgehead atoms. The van der Waals surface area contributed by atoms with E-state index in [0.29, 0.717) is 18.8 Å². The van der Waals surface area contributed by atoms with Crippen LogP contribution in [-0.4, -0.2) is 74.1 Å². The third kappa shape index (κ3) is 8.75. The quantitative estimate of drug-likeness (QED) is 0.279. The first-order chi connectivity index (χ1) is 19.2. The van der Waals surface area contributed by atoms with E-state index in [1.54, 1.807) is 12.1 Å². The molecule has 41 heavy (non-hydrogen) atoms. The number of rotatable bonds is 13. The molecular weight excluding hydrogens is 544 g/mol. The van der Waals surface area contributed by atoms with Crippen LogP contribution < -0.4 is 21.1 Å². The van der Waals surface area contributed by atoms with E-state index >= 15 is 0 Å². The van der Waals surface area contributed by atoms with Gasteiger partial charge in [0, 0.05) is 19.5 Å². The van der Waals surface area contributed by atoms with Gasteiger partial charge in [0.1, 0.15) is 11.8 Å². The van der Waals surface area contributed by atoms with Crippen LogP contribution in [-0.2, 0) is 32.5 Å². The minimum Gasteiger partial charge on any atom is -0.493 e. The van der Waals surface area contributed by atoms with E-state index in [9.17, 15) is 23.1 Å². The average molecular weight is 589 g/mol. The van der Waals surface area contributed by atoms with Crippen molar-refractivity contribution in [1.82, 2.24) is 14.9 Å². The number of nitrogens with one attached hydrogen (secondary N) is 2. The van der Waals surface area contributed by atoms with E-state index in [1.165, 1.54) is 10.4 Å². The first-order valence-corrected chi connectivity index (χ1v) is 15.4. The van der Waals surface area contributed by atoms with Gasteiger partial charge in [0.25, 0.3) is 0 Å². The maximum atomic E-state index is 13.8. The highest BCUT2D eigenvalue weighted by Gasteiger charge is 2.36. The number of nitrogens with zero attached hydrogens (tertiary/aromatic N) is 1. The van der Waals surface area contributed by atoms with Crippen molar-refractivity contribution in [3.05, 3.63) is 59.7 Å². The molecule has 3 rings (SSSR count). The molecule has 1 heterocycles. The Labute approximate surface area is 243 Å². The SMILES string of the molecule is CC(C)CN(C[C@@H](O)[C@H](Cc1ccccc1)NC(=O)[C@@H](NC(=O)CN)C(C)(C)C)S(=O)(=O)c1ccc2c(c1)CCO2. The molecule has 5 N–H and O–H groups in total. The maximum absolute atomic E-state index is 13.8. The van der Waals surface area contributed by atoms with Crippen molar-refractivity contribution in [2.75, 3.05) is 26.2 Å². The lowest BCUT2D eigenvalue weighted by Crippen LogP contribution is -2.59. The Bertz CT molecular complexity index is 1290. The first-order valence-electron chi connectivity index (χ1n) is 14.0. The molecule has 0 radical (unpaired) electrons. The van der Waals surface area contributed by atoms with Crippen LogP contribution in [0.3, 0.4) is 0 Å². The maximum Gasteiger partial charge on any atom is 0.243 e. The lowest BCUT2D eigenvalue weighted by molar-refractivity contribution is -0.132. The zero-order valence-corrected chi connectivity index (χ0v) is 25.4. The van der Waals surface area contributed by atoms with Gasteiger partial charge in [0.2, 0.25) is 21.8 Å². The highest BCUT2D eigenvalue weighted by atomic mass is 32.2. The standard InChI is InChI=1S/C30H44N4O6S/c1-20(2)18-34(41(38,39)23-11-12-26-22(16-23)13-14-40-26)19-25(35)24(15-21-9-7-6-8-10-21)32-29(37)28(30(3,4)5)33-27(36)17-31/h6-12,16,20,24-25,28,35H,13-15,17-19,31H2,1-5H3,(H,32,37)(H,33,36)/t24-,25+,28+/m0/s1. The number of hydrogen-bond donors (Lipinski definition) is 4. The van der Waals surface area contributed by atoms with Crippen LogP contribution in [0.25, 0.3) is 0 Å². The third-order valence-corrected chi connectivity index (χ3v) is 8.80. The Morgan fingerprint density at radius 1 is 1.07 bits per heavy atom. The van der Waals surface area contributed by atoms with Crippen LogP contribution in [0.5, 0.6) is 5.75 Å². The summed E-state index contributed by atoms with van der Waals surface area (Å²) in [6.07, 6.45) is -0.371. The van der Waals surface area contributed by atoms with Crippen molar-refractivity contribution in [3.8, 4) is 5.75 Å². The summed E-state index contributed by atoms with van der Waals surface area (Å²) in [6.45, 7) is 9.44. The molecule has 0 saturated carbocycles. The predicted molar refractivity (Wildman–Crippen MR) is 158 cm³/mol. The fourth-order valence-electron chi connectivity index (χ4n) is 4.80. The average Bonchev–Trinajstić information content (AvgIpc) is 3.38. The van der Waals surface area contributed by atoms with E-state index in [4.69, 9.17) is 10.5 Å². The van der Waals surface area contributed by atoms with E-state index in [1.807, 2.05) is 65.0 Å². The van der Waals surface area contributed by atoms with Gasteiger partial charge in [-0.3, -0.25) is 9.59 Å². The van der Waals surface area contributed by atoms with Crippen molar-refractivity contribution < 1.29 is 27.9 Å². The van der Waals surface area contributed by atoms with Gasteiger partial charge >= 0.3 is 0 Å². The summed E-state index contributed by atoms with van der Waals surface area (Å²) >= 11 is 0. The van der Waals surface area contributed by atoms with Gasteiger partial charge in [0.05, 0.1) is 30.2 Å². The Morgan fingerprint density at radius 3 is 2.37 bits per heavy atom. The number of fused-ring (bicyclic) bond motifs is 1. The van der Waals surface area contributed by atoms with Crippen LogP contribution >= 0.6 is 0 Å². The molecule has 2 aromatic carbocycles. The fourth-order valence-corrected chi connectivity index (χ4v) is 6.47. The molecule has 0 spiro atoms. The molecule has 1 aliphatic heterocycles. The van der Waals surface area contributed by atoms with E-state index < -0.39 is 45.4 Å². The monoisotopic (exact) mass is 588 g/mol. The minimum atomic E-state index is -3.97. The van der Waals surface area contributed by atoms with Gasteiger partial charge in [-0.05, 0) is 47.1 Å². The number of hydrogen-bond acceptors (Lipinski definition) is 7. The molecule has 0 saturated heterocycles. The largest absolute Gasteiger partial charge is 0.493 e. The molecule has 2 aromatic rings. The number of aliphatic hydroxyl groups is 1. The summed E-state index contributed by atoms with van der Waals surface area (Å²) in [5.41, 5.74) is 6.51. The molecule has 0 unspecified atom stereocenters. The Kier molecular flexibility index (Phi) is 10.9. The molecule has 0 fully saturated rings. The van der Waals surface area contributed by atoms with Gasteiger partial charge in [-0.25, -0.2) is 8.42 Å². The lowest BCUT2D eigenvalue weighted by atomic mass is 9.85. The Balaban J connectivity index is 1.91. The first kappa shape index (κ1) is 32.5. The number of aliphatic hydroxyl groups excluding tert-OH is 1. The normalized spacial score (nSPS) is 15.6. The van der Waals surface area contributed by atoms with Crippen LogP contribution in [0, 0.1) is 11.3 Å². The van der Waals surface area contributed by atoms with Crippen LogP contribution in [0.15, 0.2) is 53.4 Å². The molecule has 0 aromatic heterocycles. The summed E-state index contributed by atoms with van der Waals surface area (Å²) in [6, 6.07) is 12.4. The zero-order valence-electron chi connectivity index (χ0n) is 24.6. The van der Waals surface area contributed by atoms with Crippen LogP contribution in [0.4, 0.5) is 0 Å². The van der Waals surface area contributed by atoms with Crippen LogP contribution in [0.2, 0.25) is 0 Å². The summed E-state index contributed by atoms with van der Waals surface area (Å²) in [5, 5.41) is 17.1.